The van der Waals surface area contributed by atoms with Gasteiger partial charge in [0, 0.05) is 63.0 Å². The summed E-state index contributed by atoms with van der Waals surface area (Å²) >= 11 is 12.7. The fourth-order valence-electron chi connectivity index (χ4n) is 5.09. The topological polar surface area (TPSA) is 82.9 Å². The lowest BCUT2D eigenvalue weighted by molar-refractivity contribution is 0.121. The van der Waals surface area contributed by atoms with Crippen LogP contribution in [0.25, 0.3) is 10.9 Å². The Balaban J connectivity index is 1.23. The first-order chi connectivity index (χ1) is 20.5. The highest BCUT2D eigenvalue weighted by atomic mass is 35.5. The zero-order valence-electron chi connectivity index (χ0n) is 23.7. The van der Waals surface area contributed by atoms with Crippen molar-refractivity contribution < 1.29 is 14.2 Å². The van der Waals surface area contributed by atoms with E-state index in [-0.39, 0.29) is 0 Å². The maximum Gasteiger partial charge on any atom is 0.163 e. The van der Waals surface area contributed by atoms with Crippen molar-refractivity contribution in [1.29, 1.82) is 5.26 Å². The fourth-order valence-corrected chi connectivity index (χ4v) is 5.60. The lowest BCUT2D eigenvalue weighted by atomic mass is 10.1. The number of halogens is 2. The van der Waals surface area contributed by atoms with E-state index in [1.54, 1.807) is 19.2 Å². The Bertz CT molecular complexity index is 1570. The van der Waals surface area contributed by atoms with Crippen LogP contribution in [0.15, 0.2) is 60.8 Å². The summed E-state index contributed by atoms with van der Waals surface area (Å²) in [5, 5.41) is 14.6. The van der Waals surface area contributed by atoms with Crippen LogP contribution in [0, 0.1) is 11.3 Å². The largest absolute Gasteiger partial charge is 0.495 e. The normalized spacial score (nSPS) is 14.0. The van der Waals surface area contributed by atoms with Crippen LogP contribution in [0.4, 0.5) is 11.4 Å². The van der Waals surface area contributed by atoms with Gasteiger partial charge in [0.2, 0.25) is 0 Å². The number of ether oxygens (including phenoxy) is 3. The molecular formula is C32H33Cl2N5O3. The van der Waals surface area contributed by atoms with E-state index in [9.17, 15) is 5.26 Å². The maximum absolute atomic E-state index is 9.81. The third kappa shape index (κ3) is 7.00. The van der Waals surface area contributed by atoms with Crippen molar-refractivity contribution in [1.82, 2.24) is 14.8 Å². The number of anilines is 2. The average molecular weight is 607 g/mol. The second-order valence-corrected chi connectivity index (χ2v) is 10.9. The van der Waals surface area contributed by atoms with E-state index in [4.69, 9.17) is 37.4 Å². The summed E-state index contributed by atoms with van der Waals surface area (Å²) in [7, 11) is 3.12. The fraction of sp³-hybridized carbons (Fsp3) is 0.312. The SMILES string of the molecule is COc1cc(Nc2c(C#N)cnc3cc(OCCCN4CCN(Cc5ccccc5)CC4)c(OC)cc23)c(Cl)cc1Cl. The molecule has 0 aliphatic carbocycles. The molecular weight excluding hydrogens is 573 g/mol. The molecule has 1 N–H and O–H groups in total. The van der Waals surface area contributed by atoms with E-state index in [0.717, 1.165) is 45.7 Å². The number of hydrogen-bond donors (Lipinski definition) is 1. The molecule has 0 atom stereocenters. The van der Waals surface area contributed by atoms with Crippen molar-refractivity contribution in [3.05, 3.63) is 82.0 Å². The lowest BCUT2D eigenvalue weighted by Crippen LogP contribution is -2.46. The summed E-state index contributed by atoms with van der Waals surface area (Å²) < 4.78 is 17.2. The number of hydrogen-bond acceptors (Lipinski definition) is 8. The van der Waals surface area contributed by atoms with E-state index in [0.29, 0.717) is 61.7 Å². The van der Waals surface area contributed by atoms with Gasteiger partial charge in [0.15, 0.2) is 11.5 Å². The molecule has 5 rings (SSSR count). The highest BCUT2D eigenvalue weighted by molar-refractivity contribution is 6.37. The molecule has 0 saturated carbocycles. The minimum atomic E-state index is 0.354. The summed E-state index contributed by atoms with van der Waals surface area (Å²) in [6, 6.07) is 19.8. The van der Waals surface area contributed by atoms with Crippen molar-refractivity contribution in [3.63, 3.8) is 0 Å². The van der Waals surface area contributed by atoms with Crippen molar-refractivity contribution >= 4 is 45.5 Å². The molecule has 218 valence electrons. The molecule has 0 radical (unpaired) electrons. The molecule has 42 heavy (non-hydrogen) atoms. The molecule has 0 bridgehead atoms. The average Bonchev–Trinajstić information content (AvgIpc) is 3.01. The first-order valence-corrected chi connectivity index (χ1v) is 14.6. The number of nitrogens with zero attached hydrogens (tertiary/aromatic N) is 4. The van der Waals surface area contributed by atoms with E-state index in [1.807, 2.05) is 12.1 Å². The van der Waals surface area contributed by atoms with Gasteiger partial charge in [-0.25, -0.2) is 0 Å². The molecule has 3 aromatic carbocycles. The second-order valence-electron chi connectivity index (χ2n) is 10.1. The Hall–Kier alpha value is -3.74. The number of methoxy groups -OCH3 is 2. The molecule has 1 saturated heterocycles. The number of rotatable bonds is 11. The van der Waals surface area contributed by atoms with Crippen LogP contribution in [0.3, 0.4) is 0 Å². The van der Waals surface area contributed by atoms with Crippen LogP contribution < -0.4 is 19.5 Å². The van der Waals surface area contributed by atoms with Crippen molar-refractivity contribution in [2.24, 2.45) is 0 Å². The zero-order valence-corrected chi connectivity index (χ0v) is 25.2. The Morgan fingerprint density at radius 3 is 2.36 bits per heavy atom. The number of nitriles is 1. The third-order valence-corrected chi connectivity index (χ3v) is 7.97. The van der Waals surface area contributed by atoms with E-state index >= 15 is 0 Å². The molecule has 10 heteroatoms. The zero-order chi connectivity index (χ0) is 29.5. The molecule has 8 nitrogen and oxygen atoms in total. The van der Waals surface area contributed by atoms with Crippen molar-refractivity contribution in [3.8, 4) is 23.3 Å². The van der Waals surface area contributed by atoms with Gasteiger partial charge >= 0.3 is 0 Å². The minimum Gasteiger partial charge on any atom is -0.495 e. The summed E-state index contributed by atoms with van der Waals surface area (Å²) in [6.45, 7) is 6.75. The van der Waals surface area contributed by atoms with Gasteiger partial charge in [-0.05, 0) is 24.1 Å². The molecule has 0 unspecified atom stereocenters. The van der Waals surface area contributed by atoms with Crippen LogP contribution in [-0.2, 0) is 6.54 Å². The molecule has 4 aromatic rings. The maximum atomic E-state index is 9.81. The van der Waals surface area contributed by atoms with Gasteiger partial charge in [-0.2, -0.15) is 5.26 Å². The summed E-state index contributed by atoms with van der Waals surface area (Å²) in [5.74, 6) is 1.62. The number of benzene rings is 3. The Morgan fingerprint density at radius 2 is 1.64 bits per heavy atom. The Labute approximate surface area is 256 Å². The third-order valence-electron chi connectivity index (χ3n) is 7.37. The Kier molecular flexibility index (Phi) is 9.88. The Morgan fingerprint density at radius 1 is 0.905 bits per heavy atom. The van der Waals surface area contributed by atoms with Gasteiger partial charge in [-0.1, -0.05) is 53.5 Å². The molecule has 0 spiro atoms. The van der Waals surface area contributed by atoms with Gasteiger partial charge in [0.05, 0.1) is 53.3 Å². The van der Waals surface area contributed by atoms with Crippen LogP contribution in [-0.4, -0.2) is 68.3 Å². The van der Waals surface area contributed by atoms with Crippen molar-refractivity contribution in [2.75, 3.05) is 58.9 Å². The number of nitrogens with one attached hydrogen (secondary N) is 1. The predicted molar refractivity (Wildman–Crippen MR) is 168 cm³/mol. The molecule has 1 aromatic heterocycles. The lowest BCUT2D eigenvalue weighted by Gasteiger charge is -2.34. The van der Waals surface area contributed by atoms with E-state index in [2.05, 4.69) is 56.5 Å². The smallest absolute Gasteiger partial charge is 0.163 e. The van der Waals surface area contributed by atoms with Gasteiger partial charge in [0.1, 0.15) is 11.8 Å². The number of piperazine rings is 1. The van der Waals surface area contributed by atoms with Crippen LogP contribution in [0.1, 0.15) is 17.5 Å². The monoisotopic (exact) mass is 605 g/mol. The quantitative estimate of drug-likeness (QED) is 0.188. The highest BCUT2D eigenvalue weighted by Gasteiger charge is 2.18. The van der Waals surface area contributed by atoms with Gasteiger partial charge in [0.25, 0.3) is 0 Å². The second kappa shape index (κ2) is 14.0. The van der Waals surface area contributed by atoms with Crippen molar-refractivity contribution in [2.45, 2.75) is 13.0 Å². The van der Waals surface area contributed by atoms with Gasteiger partial charge < -0.3 is 24.4 Å². The highest BCUT2D eigenvalue weighted by Crippen LogP contribution is 2.40. The van der Waals surface area contributed by atoms with Crippen LogP contribution in [0.2, 0.25) is 10.0 Å². The molecule has 1 aliphatic rings. The number of aromatic nitrogens is 1. The predicted octanol–water partition coefficient (Wildman–Crippen LogP) is 6.76. The first-order valence-electron chi connectivity index (χ1n) is 13.8. The summed E-state index contributed by atoms with van der Waals surface area (Å²) in [4.78, 5) is 9.51. The molecule has 1 fully saturated rings. The van der Waals surface area contributed by atoms with Gasteiger partial charge in [-0.15, -0.1) is 0 Å². The summed E-state index contributed by atoms with van der Waals surface area (Å²) in [5.41, 5.74) is 3.46. The van der Waals surface area contributed by atoms with E-state index < -0.39 is 0 Å². The molecule has 0 amide bonds. The van der Waals surface area contributed by atoms with Crippen LogP contribution in [0.5, 0.6) is 17.2 Å². The standard InChI is InChI=1S/C32H33Cl2N5O3/c1-40-29-18-28(25(33)16-26(29)34)37-32-23(19-35)20-36-27-17-31(30(41-2)15-24(27)32)42-14-6-9-38-10-12-39(13-11-38)21-22-7-4-3-5-8-22/h3-5,7-8,15-18,20H,6,9-14,21H2,1-2H3,(H,36,37). The molecule has 2 heterocycles. The first kappa shape index (κ1) is 29.7. The molecule has 1 aliphatic heterocycles. The number of fused-ring (bicyclic) bond motifs is 1. The van der Waals surface area contributed by atoms with Crippen LogP contribution >= 0.6 is 23.2 Å². The van der Waals surface area contributed by atoms with E-state index in [1.165, 1.54) is 18.9 Å². The summed E-state index contributed by atoms with van der Waals surface area (Å²) in [6.07, 6.45) is 2.42. The minimum absolute atomic E-state index is 0.354. The number of pyridine rings is 1. The van der Waals surface area contributed by atoms with Gasteiger partial charge in [-0.3, -0.25) is 9.88 Å².